The van der Waals surface area contributed by atoms with Gasteiger partial charge in [-0.25, -0.2) is 4.98 Å². The van der Waals surface area contributed by atoms with Crippen molar-refractivity contribution >= 4 is 17.2 Å². The fraction of sp³-hybridized carbons (Fsp3) is 0.412. The zero-order valence-corrected chi connectivity index (χ0v) is 14.0. The molecular weight excluding hydrogens is 312 g/mol. The van der Waals surface area contributed by atoms with Crippen LogP contribution < -0.4 is 10.1 Å². The summed E-state index contributed by atoms with van der Waals surface area (Å²) in [6, 6.07) is 6.81. The third kappa shape index (κ3) is 3.71. The van der Waals surface area contributed by atoms with E-state index in [1.807, 2.05) is 13.1 Å². The molecule has 0 spiro atoms. The molecule has 1 amide bonds. The van der Waals surface area contributed by atoms with Crippen LogP contribution in [-0.4, -0.2) is 23.1 Å². The molecule has 0 bridgehead atoms. The fourth-order valence-corrected chi connectivity index (χ4v) is 3.44. The first kappa shape index (κ1) is 16.0. The molecule has 1 aliphatic rings. The molecule has 2 unspecified atom stereocenters. The van der Waals surface area contributed by atoms with Crippen molar-refractivity contribution in [2.45, 2.75) is 31.9 Å². The van der Waals surface area contributed by atoms with E-state index in [4.69, 9.17) is 4.74 Å². The van der Waals surface area contributed by atoms with Gasteiger partial charge in [0, 0.05) is 11.1 Å². The Bertz CT molecular complexity index is 697. The number of carbonyl (C=O) groups is 1. The first-order valence-electron chi connectivity index (χ1n) is 7.63. The van der Waals surface area contributed by atoms with Crippen LogP contribution in [0.4, 0.5) is 0 Å². The van der Waals surface area contributed by atoms with E-state index in [0.717, 1.165) is 22.7 Å². The molecule has 2 atom stereocenters. The van der Waals surface area contributed by atoms with Crippen LogP contribution in [0.2, 0.25) is 0 Å². The topological polar surface area (TPSA) is 71.5 Å². The van der Waals surface area contributed by atoms with Gasteiger partial charge in [0.1, 0.15) is 10.8 Å². The number of ether oxygens (including phenoxy) is 1. The van der Waals surface area contributed by atoms with Crippen LogP contribution in [0.1, 0.15) is 40.4 Å². The fourth-order valence-electron chi connectivity index (χ4n) is 2.52. The molecule has 1 aromatic carbocycles. The lowest BCUT2D eigenvalue weighted by atomic mass is 10.1. The van der Waals surface area contributed by atoms with Crippen LogP contribution in [0.3, 0.4) is 0 Å². The Kier molecular flexibility index (Phi) is 4.63. The molecule has 23 heavy (non-hydrogen) atoms. The predicted octanol–water partition coefficient (Wildman–Crippen LogP) is 2.76. The maximum atomic E-state index is 12.4. The lowest BCUT2D eigenvalue weighted by molar-refractivity contribution is -0.130. The number of aliphatic hydroxyl groups excluding tert-OH is 1. The summed E-state index contributed by atoms with van der Waals surface area (Å²) in [7, 11) is 1.56. The average Bonchev–Trinajstić information content (AvgIpc) is 3.32. The van der Waals surface area contributed by atoms with E-state index in [9.17, 15) is 9.90 Å². The van der Waals surface area contributed by atoms with Gasteiger partial charge in [-0.1, -0.05) is 12.1 Å². The number of nitrogens with one attached hydrogen (secondary N) is 1. The summed E-state index contributed by atoms with van der Waals surface area (Å²) >= 11 is 1.59. The number of hydrogen-bond acceptors (Lipinski definition) is 5. The molecular formula is C17H20N2O3S. The second-order valence-corrected chi connectivity index (χ2v) is 7.08. The Morgan fingerprint density at radius 1 is 1.48 bits per heavy atom. The molecule has 1 saturated carbocycles. The first-order chi connectivity index (χ1) is 11.1. The predicted molar refractivity (Wildman–Crippen MR) is 88.4 cm³/mol. The van der Waals surface area contributed by atoms with Crippen molar-refractivity contribution in [3.8, 4) is 5.75 Å². The van der Waals surface area contributed by atoms with Crippen molar-refractivity contribution < 1.29 is 14.6 Å². The molecule has 2 N–H and O–H groups in total. The lowest BCUT2D eigenvalue weighted by Crippen LogP contribution is -2.34. The number of hydrogen-bond donors (Lipinski definition) is 2. The van der Waals surface area contributed by atoms with Crippen molar-refractivity contribution in [1.82, 2.24) is 10.3 Å². The summed E-state index contributed by atoms with van der Waals surface area (Å²) in [5.41, 5.74) is 0.520. The highest BCUT2D eigenvalue weighted by Gasteiger charge is 2.36. The largest absolute Gasteiger partial charge is 0.497 e. The molecule has 6 heteroatoms. The number of benzene rings is 1. The molecule has 0 saturated heterocycles. The number of methoxy groups -OCH3 is 1. The Morgan fingerprint density at radius 3 is 2.87 bits per heavy atom. The van der Waals surface area contributed by atoms with E-state index in [-0.39, 0.29) is 6.04 Å². The maximum absolute atomic E-state index is 12.4. The molecule has 2 aromatic rings. The second kappa shape index (κ2) is 6.68. The van der Waals surface area contributed by atoms with E-state index < -0.39 is 12.0 Å². The minimum atomic E-state index is -1.22. The van der Waals surface area contributed by atoms with Gasteiger partial charge in [0.2, 0.25) is 0 Å². The number of aliphatic hydroxyl groups is 1. The average molecular weight is 332 g/mol. The highest BCUT2D eigenvalue weighted by Crippen LogP contribution is 2.42. The molecule has 1 fully saturated rings. The van der Waals surface area contributed by atoms with E-state index in [1.165, 1.54) is 0 Å². The van der Waals surface area contributed by atoms with Gasteiger partial charge in [-0.3, -0.25) is 4.79 Å². The molecule has 0 radical (unpaired) electrons. The minimum absolute atomic E-state index is 0.110. The molecule has 0 aliphatic heterocycles. The van der Waals surface area contributed by atoms with Crippen LogP contribution in [0, 0.1) is 12.8 Å². The number of aromatic nitrogens is 1. The van der Waals surface area contributed by atoms with Crippen LogP contribution >= 0.6 is 11.3 Å². The van der Waals surface area contributed by atoms with Gasteiger partial charge in [-0.15, -0.1) is 11.3 Å². The van der Waals surface area contributed by atoms with Crippen LogP contribution in [0.15, 0.2) is 30.5 Å². The highest BCUT2D eigenvalue weighted by molar-refractivity contribution is 7.11. The number of nitrogens with zero attached hydrogens (tertiary/aromatic N) is 1. The van der Waals surface area contributed by atoms with Gasteiger partial charge < -0.3 is 15.2 Å². The van der Waals surface area contributed by atoms with Crippen molar-refractivity contribution in [3.63, 3.8) is 0 Å². The first-order valence-corrected chi connectivity index (χ1v) is 8.45. The summed E-state index contributed by atoms with van der Waals surface area (Å²) in [6.07, 6.45) is 2.77. The molecule has 1 aromatic heterocycles. The zero-order chi connectivity index (χ0) is 16.4. The van der Waals surface area contributed by atoms with Gasteiger partial charge in [0.15, 0.2) is 6.10 Å². The quantitative estimate of drug-likeness (QED) is 0.853. The van der Waals surface area contributed by atoms with E-state index in [0.29, 0.717) is 17.2 Å². The summed E-state index contributed by atoms with van der Waals surface area (Å²) in [5, 5.41) is 14.2. The van der Waals surface area contributed by atoms with Gasteiger partial charge in [0.05, 0.1) is 13.2 Å². The van der Waals surface area contributed by atoms with E-state index >= 15 is 0 Å². The number of carbonyl (C=O) groups excluding carboxylic acids is 1. The van der Waals surface area contributed by atoms with Gasteiger partial charge in [0.25, 0.3) is 5.91 Å². The van der Waals surface area contributed by atoms with Gasteiger partial charge in [-0.2, -0.15) is 0 Å². The van der Waals surface area contributed by atoms with E-state index in [2.05, 4.69) is 10.3 Å². The monoisotopic (exact) mass is 332 g/mol. The van der Waals surface area contributed by atoms with E-state index in [1.54, 1.807) is 42.7 Å². The Labute approximate surface area is 139 Å². The number of thiazole rings is 1. The SMILES string of the molecule is COc1cccc(C(O)C(=O)NC(c2ncc(C)s2)C2CC2)c1. The summed E-state index contributed by atoms with van der Waals surface area (Å²) in [6.45, 7) is 2.00. The zero-order valence-electron chi connectivity index (χ0n) is 13.2. The number of aryl methyl sites for hydroxylation is 1. The van der Waals surface area contributed by atoms with Gasteiger partial charge >= 0.3 is 0 Å². The minimum Gasteiger partial charge on any atom is -0.497 e. The molecule has 1 aliphatic carbocycles. The standard InChI is InChI=1S/C17H20N2O3S/c1-10-9-18-17(23-10)14(11-6-7-11)19-16(21)15(20)12-4-3-5-13(8-12)22-2/h3-5,8-9,11,14-15,20H,6-7H2,1-2H3,(H,19,21). The Morgan fingerprint density at radius 2 is 2.26 bits per heavy atom. The van der Waals surface area contributed by atoms with Crippen molar-refractivity contribution in [1.29, 1.82) is 0 Å². The Balaban J connectivity index is 1.73. The normalized spacial score (nSPS) is 16.7. The summed E-state index contributed by atoms with van der Waals surface area (Å²) in [4.78, 5) is 18.0. The van der Waals surface area contributed by atoms with Crippen molar-refractivity contribution in [2.75, 3.05) is 7.11 Å². The van der Waals surface area contributed by atoms with Crippen molar-refractivity contribution in [3.05, 3.63) is 45.9 Å². The lowest BCUT2D eigenvalue weighted by Gasteiger charge is -2.19. The molecule has 5 nitrogen and oxygen atoms in total. The summed E-state index contributed by atoms with van der Waals surface area (Å²) in [5.74, 6) is 0.633. The van der Waals surface area contributed by atoms with Crippen LogP contribution in [0.25, 0.3) is 0 Å². The van der Waals surface area contributed by atoms with Crippen molar-refractivity contribution in [2.24, 2.45) is 5.92 Å². The third-order valence-electron chi connectivity index (χ3n) is 3.95. The number of rotatable bonds is 6. The third-order valence-corrected chi connectivity index (χ3v) is 4.95. The maximum Gasteiger partial charge on any atom is 0.254 e. The highest BCUT2D eigenvalue weighted by atomic mass is 32.1. The van der Waals surface area contributed by atoms with Crippen LogP contribution in [-0.2, 0) is 4.79 Å². The second-order valence-electron chi connectivity index (χ2n) is 5.81. The molecule has 1 heterocycles. The number of amides is 1. The Hall–Kier alpha value is -1.92. The molecule has 3 rings (SSSR count). The smallest absolute Gasteiger partial charge is 0.254 e. The van der Waals surface area contributed by atoms with Gasteiger partial charge in [-0.05, 0) is 43.4 Å². The summed E-state index contributed by atoms with van der Waals surface area (Å²) < 4.78 is 5.13. The van der Waals surface area contributed by atoms with Crippen LogP contribution in [0.5, 0.6) is 5.75 Å². The molecule has 122 valence electrons.